The predicted molar refractivity (Wildman–Crippen MR) is 53.0 cm³/mol. The quantitative estimate of drug-likeness (QED) is 0.579. The fourth-order valence-corrected chi connectivity index (χ4v) is 0.924. The third kappa shape index (κ3) is 3.41. The monoisotopic (exact) mass is 192 g/mol. The molecule has 1 aromatic rings. The van der Waals surface area contributed by atoms with Crippen molar-refractivity contribution in [2.45, 2.75) is 0 Å². The first kappa shape index (κ1) is 10.5. The standard InChI is InChI=1S/C11H12O3/c12-8-4-5-9-14-11(13)10-6-2-1-3-7-10/h1-7,12H,8-9H2/b5-4+. The molecule has 0 aromatic heterocycles. The zero-order chi connectivity index (χ0) is 10.2. The van der Waals surface area contributed by atoms with Gasteiger partial charge in [-0.3, -0.25) is 0 Å². The van der Waals surface area contributed by atoms with E-state index in [9.17, 15) is 4.79 Å². The lowest BCUT2D eigenvalue weighted by Crippen LogP contribution is -2.04. The van der Waals surface area contributed by atoms with Crippen molar-refractivity contribution < 1.29 is 14.6 Å². The summed E-state index contributed by atoms with van der Waals surface area (Å²) < 4.78 is 4.89. The van der Waals surface area contributed by atoms with Gasteiger partial charge in [0.05, 0.1) is 12.2 Å². The summed E-state index contributed by atoms with van der Waals surface area (Å²) in [7, 11) is 0. The molecule has 74 valence electrons. The topological polar surface area (TPSA) is 46.5 Å². The van der Waals surface area contributed by atoms with Crippen LogP contribution in [0.25, 0.3) is 0 Å². The highest BCUT2D eigenvalue weighted by molar-refractivity contribution is 5.89. The molecular weight excluding hydrogens is 180 g/mol. The van der Waals surface area contributed by atoms with Gasteiger partial charge in [-0.15, -0.1) is 0 Å². The van der Waals surface area contributed by atoms with Crippen molar-refractivity contribution in [1.82, 2.24) is 0 Å². The van der Waals surface area contributed by atoms with Crippen LogP contribution in [-0.4, -0.2) is 24.3 Å². The molecule has 1 rings (SSSR count). The van der Waals surface area contributed by atoms with Crippen LogP contribution in [0.2, 0.25) is 0 Å². The summed E-state index contributed by atoms with van der Waals surface area (Å²) in [6.45, 7) is 0.150. The van der Waals surface area contributed by atoms with Gasteiger partial charge >= 0.3 is 5.97 Å². The van der Waals surface area contributed by atoms with Crippen LogP contribution >= 0.6 is 0 Å². The van der Waals surface area contributed by atoms with Gasteiger partial charge in [0.1, 0.15) is 6.61 Å². The second kappa shape index (κ2) is 5.94. The van der Waals surface area contributed by atoms with Gasteiger partial charge in [-0.25, -0.2) is 4.79 Å². The van der Waals surface area contributed by atoms with Gasteiger partial charge in [0.2, 0.25) is 0 Å². The fraction of sp³-hybridized carbons (Fsp3) is 0.182. The first-order valence-corrected chi connectivity index (χ1v) is 4.32. The Morgan fingerprint density at radius 2 is 2.00 bits per heavy atom. The van der Waals surface area contributed by atoms with E-state index in [1.54, 1.807) is 30.3 Å². The maximum absolute atomic E-state index is 11.3. The molecule has 0 bridgehead atoms. The summed E-state index contributed by atoms with van der Waals surface area (Å²) >= 11 is 0. The van der Waals surface area contributed by atoms with Crippen LogP contribution in [0.3, 0.4) is 0 Å². The van der Waals surface area contributed by atoms with Crippen LogP contribution in [0.5, 0.6) is 0 Å². The van der Waals surface area contributed by atoms with Crippen molar-refractivity contribution in [2.75, 3.05) is 13.2 Å². The van der Waals surface area contributed by atoms with E-state index >= 15 is 0 Å². The van der Waals surface area contributed by atoms with E-state index in [0.29, 0.717) is 5.56 Å². The minimum Gasteiger partial charge on any atom is -0.458 e. The number of aliphatic hydroxyl groups is 1. The van der Waals surface area contributed by atoms with E-state index in [1.165, 1.54) is 6.08 Å². The molecule has 0 aliphatic rings. The number of esters is 1. The molecule has 14 heavy (non-hydrogen) atoms. The largest absolute Gasteiger partial charge is 0.458 e. The molecule has 0 saturated heterocycles. The lowest BCUT2D eigenvalue weighted by atomic mass is 10.2. The molecule has 0 atom stereocenters. The van der Waals surface area contributed by atoms with Crippen molar-refractivity contribution in [3.63, 3.8) is 0 Å². The smallest absolute Gasteiger partial charge is 0.338 e. The first-order valence-electron chi connectivity index (χ1n) is 4.32. The number of carbonyl (C=O) groups excluding carboxylic acids is 1. The minimum atomic E-state index is -0.354. The van der Waals surface area contributed by atoms with E-state index in [-0.39, 0.29) is 19.2 Å². The summed E-state index contributed by atoms with van der Waals surface area (Å²) in [4.78, 5) is 11.3. The van der Waals surface area contributed by atoms with E-state index in [1.807, 2.05) is 6.07 Å². The second-order valence-electron chi connectivity index (χ2n) is 2.62. The number of hydrogen-bond donors (Lipinski definition) is 1. The third-order valence-electron chi connectivity index (χ3n) is 1.59. The van der Waals surface area contributed by atoms with Crippen molar-refractivity contribution in [3.05, 3.63) is 48.0 Å². The summed E-state index contributed by atoms with van der Waals surface area (Å²) in [6, 6.07) is 8.78. The third-order valence-corrected chi connectivity index (χ3v) is 1.59. The Hall–Kier alpha value is -1.61. The van der Waals surface area contributed by atoms with Crippen LogP contribution < -0.4 is 0 Å². The van der Waals surface area contributed by atoms with Gasteiger partial charge in [-0.1, -0.05) is 24.3 Å². The molecule has 0 aliphatic carbocycles. The number of hydrogen-bond acceptors (Lipinski definition) is 3. The Bertz CT molecular complexity index is 304. The van der Waals surface area contributed by atoms with Gasteiger partial charge in [0, 0.05) is 0 Å². The van der Waals surface area contributed by atoms with Gasteiger partial charge in [0.25, 0.3) is 0 Å². The Kier molecular flexibility index (Phi) is 4.44. The highest BCUT2D eigenvalue weighted by Gasteiger charge is 2.03. The Balaban J connectivity index is 2.40. The van der Waals surface area contributed by atoms with Crippen LogP contribution in [0.4, 0.5) is 0 Å². The van der Waals surface area contributed by atoms with Crippen LogP contribution in [0.1, 0.15) is 10.4 Å². The maximum atomic E-state index is 11.3. The predicted octanol–water partition coefficient (Wildman–Crippen LogP) is 1.39. The fourth-order valence-electron chi connectivity index (χ4n) is 0.924. The van der Waals surface area contributed by atoms with E-state index < -0.39 is 0 Å². The molecule has 0 spiro atoms. The second-order valence-corrected chi connectivity index (χ2v) is 2.62. The number of benzene rings is 1. The maximum Gasteiger partial charge on any atom is 0.338 e. The van der Waals surface area contributed by atoms with Gasteiger partial charge < -0.3 is 9.84 Å². The van der Waals surface area contributed by atoms with Gasteiger partial charge in [-0.2, -0.15) is 0 Å². The van der Waals surface area contributed by atoms with Crippen molar-refractivity contribution in [3.8, 4) is 0 Å². The molecule has 0 amide bonds. The molecule has 0 fully saturated rings. The van der Waals surface area contributed by atoms with E-state index in [0.717, 1.165) is 0 Å². The van der Waals surface area contributed by atoms with Crippen LogP contribution in [0.15, 0.2) is 42.5 Å². The SMILES string of the molecule is O=C(OC/C=C/CO)c1ccccc1. The summed E-state index contributed by atoms with van der Waals surface area (Å²) in [5.41, 5.74) is 0.532. The average molecular weight is 192 g/mol. The highest BCUT2D eigenvalue weighted by Crippen LogP contribution is 2.00. The number of rotatable bonds is 4. The summed E-state index contributed by atoms with van der Waals surface area (Å²) in [6.07, 6.45) is 3.12. The summed E-state index contributed by atoms with van der Waals surface area (Å²) in [5.74, 6) is -0.354. The van der Waals surface area contributed by atoms with Crippen molar-refractivity contribution in [2.24, 2.45) is 0 Å². The normalized spacial score (nSPS) is 10.4. The van der Waals surface area contributed by atoms with Gasteiger partial charge in [0.15, 0.2) is 0 Å². The van der Waals surface area contributed by atoms with Crippen molar-refractivity contribution >= 4 is 5.97 Å². The van der Waals surface area contributed by atoms with Crippen LogP contribution in [-0.2, 0) is 4.74 Å². The molecule has 0 aliphatic heterocycles. The van der Waals surface area contributed by atoms with E-state index in [2.05, 4.69) is 0 Å². The highest BCUT2D eigenvalue weighted by atomic mass is 16.5. The molecule has 0 saturated carbocycles. The lowest BCUT2D eigenvalue weighted by Gasteiger charge is -2.00. The lowest BCUT2D eigenvalue weighted by molar-refractivity contribution is 0.0549. The van der Waals surface area contributed by atoms with Gasteiger partial charge in [-0.05, 0) is 18.2 Å². The minimum absolute atomic E-state index is 0.0388. The summed E-state index contributed by atoms with van der Waals surface area (Å²) in [5, 5.41) is 8.42. The van der Waals surface area contributed by atoms with Crippen LogP contribution in [0, 0.1) is 0 Å². The Morgan fingerprint density at radius 1 is 1.29 bits per heavy atom. The zero-order valence-electron chi connectivity index (χ0n) is 7.72. The van der Waals surface area contributed by atoms with E-state index in [4.69, 9.17) is 9.84 Å². The molecule has 3 nitrogen and oxygen atoms in total. The molecule has 0 radical (unpaired) electrons. The molecule has 1 N–H and O–H groups in total. The molecule has 3 heteroatoms. The van der Waals surface area contributed by atoms with Crippen molar-refractivity contribution in [1.29, 1.82) is 0 Å². The first-order chi connectivity index (χ1) is 6.84. The molecule has 1 aromatic carbocycles. The number of ether oxygens (including phenoxy) is 1. The number of aliphatic hydroxyl groups excluding tert-OH is 1. The Morgan fingerprint density at radius 3 is 2.64 bits per heavy atom. The average Bonchev–Trinajstić information content (AvgIpc) is 2.25. The molecule has 0 unspecified atom stereocenters. The Labute approximate surface area is 82.6 Å². The zero-order valence-corrected chi connectivity index (χ0v) is 7.72. The number of carbonyl (C=O) groups is 1. The molecular formula is C11H12O3. The molecule has 0 heterocycles.